The minimum atomic E-state index is -0.214. The van der Waals surface area contributed by atoms with Crippen LogP contribution in [0.4, 0.5) is 0 Å². The topological polar surface area (TPSA) is 23.5 Å². The summed E-state index contributed by atoms with van der Waals surface area (Å²) in [5, 5.41) is 10.1. The van der Waals surface area contributed by atoms with Crippen molar-refractivity contribution in [3.05, 3.63) is 12.2 Å². The molecule has 0 spiro atoms. The Morgan fingerprint density at radius 2 is 1.94 bits per heavy atom. The molecule has 1 saturated heterocycles. The lowest BCUT2D eigenvalue weighted by Crippen LogP contribution is -2.58. The molecule has 1 heterocycles. The number of aliphatic hydroxyl groups excluding tert-OH is 1. The summed E-state index contributed by atoms with van der Waals surface area (Å²) < 4.78 is 0. The fourth-order valence-electron chi connectivity index (χ4n) is 4.44. The first-order valence-electron chi connectivity index (χ1n) is 7.36. The number of rotatable bonds is 1. The highest BCUT2D eigenvalue weighted by Crippen LogP contribution is 2.48. The summed E-state index contributed by atoms with van der Waals surface area (Å²) in [6.45, 7) is 4.78. The lowest BCUT2D eigenvalue weighted by atomic mass is 9.62. The maximum atomic E-state index is 10.1. The van der Waals surface area contributed by atoms with Gasteiger partial charge in [0, 0.05) is 5.54 Å². The third-order valence-electron chi connectivity index (χ3n) is 5.43. The standard InChI is InChI=1S/C15H25NO/c1-12-13-6-2-3-8-15(13,9-7-14(12)17)16-10-4-5-11-16/h7,9,12-14,17H,2-6,8,10-11H2,1H3/t12-,13-,14+,15-/m1/s1. The number of fused-ring (bicyclic) bond motifs is 1. The van der Waals surface area contributed by atoms with Crippen molar-refractivity contribution in [2.75, 3.05) is 13.1 Å². The molecular formula is C15H25NO. The Bertz CT molecular complexity index is 308. The highest BCUT2D eigenvalue weighted by molar-refractivity contribution is 5.20. The van der Waals surface area contributed by atoms with Gasteiger partial charge in [-0.3, -0.25) is 4.90 Å². The molecule has 0 aromatic heterocycles. The van der Waals surface area contributed by atoms with Crippen LogP contribution in [0, 0.1) is 11.8 Å². The summed E-state index contributed by atoms with van der Waals surface area (Å²) in [4.78, 5) is 2.72. The maximum Gasteiger partial charge on any atom is 0.0750 e. The Kier molecular flexibility index (Phi) is 3.04. The lowest BCUT2D eigenvalue weighted by molar-refractivity contribution is -0.0156. The fraction of sp³-hybridized carbons (Fsp3) is 0.867. The van der Waals surface area contributed by atoms with Crippen LogP contribution >= 0.6 is 0 Å². The predicted octanol–water partition coefficient (Wildman–Crippen LogP) is 2.58. The molecule has 1 saturated carbocycles. The van der Waals surface area contributed by atoms with E-state index in [1.807, 2.05) is 0 Å². The zero-order valence-corrected chi connectivity index (χ0v) is 10.9. The third kappa shape index (κ3) is 1.77. The van der Waals surface area contributed by atoms with Gasteiger partial charge in [-0.25, -0.2) is 0 Å². The van der Waals surface area contributed by atoms with Gasteiger partial charge in [-0.2, -0.15) is 0 Å². The fourth-order valence-corrected chi connectivity index (χ4v) is 4.44. The van der Waals surface area contributed by atoms with Crippen molar-refractivity contribution in [1.29, 1.82) is 0 Å². The number of likely N-dealkylation sites (tertiary alicyclic amines) is 1. The second-order valence-electron chi connectivity index (χ2n) is 6.25. The van der Waals surface area contributed by atoms with Gasteiger partial charge in [0.2, 0.25) is 0 Å². The molecule has 2 aliphatic carbocycles. The molecule has 0 amide bonds. The number of hydrogen-bond donors (Lipinski definition) is 1. The number of nitrogens with zero attached hydrogens (tertiary/aromatic N) is 1. The van der Waals surface area contributed by atoms with Crippen molar-refractivity contribution in [2.24, 2.45) is 11.8 Å². The third-order valence-corrected chi connectivity index (χ3v) is 5.43. The first kappa shape index (κ1) is 11.7. The zero-order valence-electron chi connectivity index (χ0n) is 10.9. The largest absolute Gasteiger partial charge is 0.389 e. The molecule has 0 bridgehead atoms. The molecule has 2 fully saturated rings. The van der Waals surface area contributed by atoms with Gasteiger partial charge < -0.3 is 5.11 Å². The van der Waals surface area contributed by atoms with Gasteiger partial charge in [0.1, 0.15) is 0 Å². The van der Waals surface area contributed by atoms with E-state index in [2.05, 4.69) is 24.0 Å². The molecule has 0 aromatic rings. The normalized spacial score (nSPS) is 47.1. The summed E-state index contributed by atoms with van der Waals surface area (Å²) in [5.74, 6) is 1.11. The van der Waals surface area contributed by atoms with Crippen LogP contribution in [0.2, 0.25) is 0 Å². The Hall–Kier alpha value is -0.340. The van der Waals surface area contributed by atoms with E-state index in [9.17, 15) is 5.11 Å². The molecule has 2 nitrogen and oxygen atoms in total. The van der Waals surface area contributed by atoms with Gasteiger partial charge >= 0.3 is 0 Å². The highest BCUT2D eigenvalue weighted by Gasteiger charge is 2.49. The molecule has 3 aliphatic rings. The Morgan fingerprint density at radius 3 is 2.71 bits per heavy atom. The second kappa shape index (κ2) is 4.40. The van der Waals surface area contributed by atoms with Gasteiger partial charge in [-0.15, -0.1) is 0 Å². The van der Waals surface area contributed by atoms with E-state index in [0.29, 0.717) is 17.4 Å². The van der Waals surface area contributed by atoms with Crippen molar-refractivity contribution in [2.45, 2.75) is 57.1 Å². The van der Waals surface area contributed by atoms with Crippen LogP contribution in [0.5, 0.6) is 0 Å². The van der Waals surface area contributed by atoms with Gasteiger partial charge in [-0.05, 0) is 50.6 Å². The van der Waals surface area contributed by atoms with Crippen LogP contribution in [0.1, 0.15) is 45.4 Å². The van der Waals surface area contributed by atoms with Crippen molar-refractivity contribution < 1.29 is 5.11 Å². The number of aliphatic hydroxyl groups is 1. The van der Waals surface area contributed by atoms with Crippen LogP contribution in [0.25, 0.3) is 0 Å². The first-order valence-corrected chi connectivity index (χ1v) is 7.36. The minimum Gasteiger partial charge on any atom is -0.389 e. The molecular weight excluding hydrogens is 210 g/mol. The number of hydrogen-bond acceptors (Lipinski definition) is 2. The highest BCUT2D eigenvalue weighted by atomic mass is 16.3. The summed E-state index contributed by atoms with van der Waals surface area (Å²) >= 11 is 0. The van der Waals surface area contributed by atoms with Gasteiger partial charge in [-0.1, -0.05) is 31.9 Å². The molecule has 0 unspecified atom stereocenters. The Labute approximate surface area is 105 Å². The maximum absolute atomic E-state index is 10.1. The smallest absolute Gasteiger partial charge is 0.0750 e. The van der Waals surface area contributed by atoms with Crippen molar-refractivity contribution in [3.8, 4) is 0 Å². The molecule has 4 atom stereocenters. The van der Waals surface area contributed by atoms with E-state index in [1.54, 1.807) is 0 Å². The van der Waals surface area contributed by atoms with Crippen LogP contribution < -0.4 is 0 Å². The summed E-state index contributed by atoms with van der Waals surface area (Å²) in [6, 6.07) is 0. The Balaban J connectivity index is 1.94. The van der Waals surface area contributed by atoms with E-state index >= 15 is 0 Å². The molecule has 0 radical (unpaired) electrons. The van der Waals surface area contributed by atoms with Gasteiger partial charge in [0.15, 0.2) is 0 Å². The van der Waals surface area contributed by atoms with E-state index < -0.39 is 0 Å². The predicted molar refractivity (Wildman–Crippen MR) is 69.8 cm³/mol. The van der Waals surface area contributed by atoms with E-state index in [0.717, 1.165) is 0 Å². The van der Waals surface area contributed by atoms with Crippen molar-refractivity contribution in [3.63, 3.8) is 0 Å². The molecule has 2 heteroatoms. The monoisotopic (exact) mass is 235 g/mol. The minimum absolute atomic E-state index is 0.214. The molecule has 3 rings (SSSR count). The van der Waals surface area contributed by atoms with Gasteiger partial charge in [0.25, 0.3) is 0 Å². The Morgan fingerprint density at radius 1 is 1.18 bits per heavy atom. The quantitative estimate of drug-likeness (QED) is 0.706. The molecule has 96 valence electrons. The van der Waals surface area contributed by atoms with Crippen molar-refractivity contribution in [1.82, 2.24) is 4.90 Å². The zero-order chi connectivity index (χ0) is 11.9. The average Bonchev–Trinajstić information content (AvgIpc) is 2.89. The van der Waals surface area contributed by atoms with Gasteiger partial charge in [0.05, 0.1) is 6.10 Å². The first-order chi connectivity index (χ1) is 8.24. The average molecular weight is 235 g/mol. The van der Waals surface area contributed by atoms with Crippen LogP contribution in [0.3, 0.4) is 0 Å². The van der Waals surface area contributed by atoms with E-state index in [4.69, 9.17) is 0 Å². The SMILES string of the molecule is C[C@@H]1[C@H]2CCCC[C@@]2(N2CCCC2)C=C[C@@H]1O. The summed E-state index contributed by atoms with van der Waals surface area (Å²) in [7, 11) is 0. The van der Waals surface area contributed by atoms with Crippen LogP contribution in [-0.4, -0.2) is 34.7 Å². The van der Waals surface area contributed by atoms with E-state index in [-0.39, 0.29) is 6.10 Å². The molecule has 1 N–H and O–H groups in total. The molecule has 1 aliphatic heterocycles. The summed E-state index contributed by atoms with van der Waals surface area (Å²) in [5.41, 5.74) is 0.299. The van der Waals surface area contributed by atoms with Crippen LogP contribution in [-0.2, 0) is 0 Å². The van der Waals surface area contributed by atoms with Crippen LogP contribution in [0.15, 0.2) is 12.2 Å². The molecule has 0 aromatic carbocycles. The second-order valence-corrected chi connectivity index (χ2v) is 6.25. The molecule has 17 heavy (non-hydrogen) atoms. The van der Waals surface area contributed by atoms with E-state index in [1.165, 1.54) is 51.6 Å². The lowest BCUT2D eigenvalue weighted by Gasteiger charge is -2.53. The van der Waals surface area contributed by atoms with Crippen molar-refractivity contribution >= 4 is 0 Å². The summed E-state index contributed by atoms with van der Waals surface area (Å²) in [6.07, 6.45) is 12.3.